The summed E-state index contributed by atoms with van der Waals surface area (Å²) < 4.78 is 39.8. The van der Waals surface area contributed by atoms with Gasteiger partial charge in [-0.15, -0.1) is 0 Å². The molecule has 0 unspecified atom stereocenters. The molecule has 8 nitrogen and oxygen atoms in total. The van der Waals surface area contributed by atoms with Crippen LogP contribution in [-0.2, 0) is 33.2 Å². The lowest BCUT2D eigenvalue weighted by atomic mass is 9.91. The van der Waals surface area contributed by atoms with Gasteiger partial charge in [0.1, 0.15) is 11.7 Å². The molecule has 0 bridgehead atoms. The number of hydrogen-bond acceptors (Lipinski definition) is 8. The van der Waals surface area contributed by atoms with Gasteiger partial charge < -0.3 is 38.9 Å². The maximum Gasteiger partial charge on any atom is 0.163 e. The van der Waals surface area contributed by atoms with E-state index in [0.717, 1.165) is 6.42 Å². The maximum absolute atomic E-state index is 6.03. The summed E-state index contributed by atoms with van der Waals surface area (Å²) in [6, 6.07) is 0. The molecule has 0 saturated carbocycles. The van der Waals surface area contributed by atoms with Crippen molar-refractivity contribution in [3.63, 3.8) is 0 Å². The molecule has 3 atom stereocenters. The molecular weight excluding hydrogens is 342 g/mol. The predicted octanol–water partition coefficient (Wildman–Crippen LogP) is 0.711. The van der Waals surface area contributed by atoms with Gasteiger partial charge >= 0.3 is 0 Å². The van der Waals surface area contributed by atoms with Crippen LogP contribution >= 0.6 is 0 Å². The molecule has 0 amide bonds. The highest BCUT2D eigenvalue weighted by molar-refractivity contribution is 4.98. The quantitative estimate of drug-likeness (QED) is 0.469. The Morgan fingerprint density at radius 1 is 0.846 bits per heavy atom. The average molecular weight is 377 g/mol. The van der Waals surface area contributed by atoms with Crippen molar-refractivity contribution in [3.05, 3.63) is 0 Å². The third kappa shape index (κ3) is 7.01. The molecule has 154 valence electrons. The molecule has 2 N–H and O–H groups in total. The number of ether oxygens (including phenoxy) is 7. The van der Waals surface area contributed by atoms with E-state index >= 15 is 0 Å². The van der Waals surface area contributed by atoms with Crippen LogP contribution in [0.15, 0.2) is 0 Å². The van der Waals surface area contributed by atoms with E-state index in [1.165, 1.54) is 0 Å². The van der Waals surface area contributed by atoms with Crippen LogP contribution in [-0.4, -0.2) is 89.6 Å². The molecule has 2 rings (SSSR count). The molecule has 2 aliphatic rings. The van der Waals surface area contributed by atoms with Gasteiger partial charge in [-0.3, -0.25) is 0 Å². The van der Waals surface area contributed by atoms with Crippen LogP contribution in [0.4, 0.5) is 0 Å². The SMILES string of the molecule is CC1(C)O[C@@H]2[C@@H](CCO[C@]2(C)COCCOCCOCCOCCN)O1. The molecule has 26 heavy (non-hydrogen) atoms. The summed E-state index contributed by atoms with van der Waals surface area (Å²) in [6.45, 7) is 11.3. The van der Waals surface area contributed by atoms with Crippen molar-refractivity contribution in [2.75, 3.05) is 66.0 Å². The molecule has 2 fully saturated rings. The predicted molar refractivity (Wildman–Crippen MR) is 95.1 cm³/mol. The first-order chi connectivity index (χ1) is 12.5. The topological polar surface area (TPSA) is 90.6 Å². The monoisotopic (exact) mass is 377 g/mol. The van der Waals surface area contributed by atoms with Gasteiger partial charge in [-0.2, -0.15) is 0 Å². The Kier molecular flexibility index (Phi) is 9.19. The Balaban J connectivity index is 1.50. The molecule has 0 aliphatic carbocycles. The van der Waals surface area contributed by atoms with Crippen molar-refractivity contribution in [2.24, 2.45) is 5.73 Å². The van der Waals surface area contributed by atoms with Crippen LogP contribution in [0, 0.1) is 0 Å². The van der Waals surface area contributed by atoms with E-state index in [4.69, 9.17) is 38.9 Å². The zero-order valence-electron chi connectivity index (χ0n) is 16.4. The highest BCUT2D eigenvalue weighted by Gasteiger charge is 2.53. The lowest BCUT2D eigenvalue weighted by Crippen LogP contribution is -2.55. The van der Waals surface area contributed by atoms with Crippen LogP contribution in [0.3, 0.4) is 0 Å². The minimum Gasteiger partial charge on any atom is -0.378 e. The van der Waals surface area contributed by atoms with Crippen molar-refractivity contribution in [1.82, 2.24) is 0 Å². The second-order valence-electron chi connectivity index (χ2n) is 7.22. The first-order valence-electron chi connectivity index (χ1n) is 9.47. The fourth-order valence-electron chi connectivity index (χ4n) is 3.20. The van der Waals surface area contributed by atoms with E-state index in [1.807, 2.05) is 20.8 Å². The summed E-state index contributed by atoms with van der Waals surface area (Å²) in [7, 11) is 0. The molecule has 0 spiro atoms. The molecule has 0 radical (unpaired) electrons. The van der Waals surface area contributed by atoms with Gasteiger partial charge in [0.15, 0.2) is 5.79 Å². The Hall–Kier alpha value is -0.320. The maximum atomic E-state index is 6.03. The van der Waals surface area contributed by atoms with E-state index in [-0.39, 0.29) is 12.2 Å². The summed E-state index contributed by atoms with van der Waals surface area (Å²) >= 11 is 0. The fraction of sp³-hybridized carbons (Fsp3) is 1.00. The summed E-state index contributed by atoms with van der Waals surface area (Å²) in [6.07, 6.45) is 0.806. The zero-order chi connectivity index (χ0) is 18.9. The first kappa shape index (κ1) is 22.0. The average Bonchev–Trinajstić information content (AvgIpc) is 2.92. The third-order valence-corrected chi connectivity index (χ3v) is 4.39. The molecule has 2 heterocycles. The van der Waals surface area contributed by atoms with Crippen LogP contribution < -0.4 is 5.73 Å². The van der Waals surface area contributed by atoms with Crippen LogP contribution in [0.25, 0.3) is 0 Å². The van der Waals surface area contributed by atoms with Crippen LogP contribution in [0.5, 0.6) is 0 Å². The third-order valence-electron chi connectivity index (χ3n) is 4.39. The first-order valence-corrected chi connectivity index (χ1v) is 9.47. The Labute approximate surface area is 156 Å². The molecule has 2 saturated heterocycles. The van der Waals surface area contributed by atoms with Gasteiger partial charge in [0.05, 0.1) is 65.6 Å². The number of fused-ring (bicyclic) bond motifs is 1. The number of nitrogens with two attached hydrogens (primary N) is 1. The summed E-state index contributed by atoms with van der Waals surface area (Å²) in [5, 5.41) is 0. The van der Waals surface area contributed by atoms with Gasteiger partial charge in [0, 0.05) is 6.54 Å². The van der Waals surface area contributed by atoms with E-state index in [0.29, 0.717) is 66.0 Å². The highest BCUT2D eigenvalue weighted by Crippen LogP contribution is 2.40. The molecule has 0 aromatic rings. The Morgan fingerprint density at radius 3 is 2.04 bits per heavy atom. The van der Waals surface area contributed by atoms with Crippen molar-refractivity contribution in [2.45, 2.75) is 50.8 Å². The smallest absolute Gasteiger partial charge is 0.163 e. The van der Waals surface area contributed by atoms with E-state index < -0.39 is 11.4 Å². The Morgan fingerprint density at radius 2 is 1.42 bits per heavy atom. The Bertz CT molecular complexity index is 396. The number of rotatable bonds is 13. The van der Waals surface area contributed by atoms with Gasteiger partial charge in [0.2, 0.25) is 0 Å². The number of hydrogen-bond donors (Lipinski definition) is 1. The fourth-order valence-corrected chi connectivity index (χ4v) is 3.20. The summed E-state index contributed by atoms with van der Waals surface area (Å²) in [5.74, 6) is -0.567. The van der Waals surface area contributed by atoms with Gasteiger partial charge in [-0.25, -0.2) is 0 Å². The van der Waals surface area contributed by atoms with Gasteiger partial charge in [-0.1, -0.05) is 0 Å². The van der Waals surface area contributed by atoms with Crippen molar-refractivity contribution >= 4 is 0 Å². The lowest BCUT2D eigenvalue weighted by molar-refractivity contribution is -0.198. The largest absolute Gasteiger partial charge is 0.378 e. The molecule has 2 aliphatic heterocycles. The van der Waals surface area contributed by atoms with Crippen LogP contribution in [0.1, 0.15) is 27.2 Å². The standard InChI is InChI=1S/C18H35NO7/c1-17(2)25-15-4-6-24-18(3,16(15)26-17)14-23-13-12-22-11-10-21-9-8-20-7-5-19/h15-16H,4-14,19H2,1-3H3/t15-,16-,18-/m1/s1. The van der Waals surface area contributed by atoms with Crippen molar-refractivity contribution in [3.8, 4) is 0 Å². The molecule has 8 heteroatoms. The molecule has 0 aromatic carbocycles. The minimum atomic E-state index is -0.567. The molecular formula is C18H35NO7. The summed E-state index contributed by atoms with van der Waals surface area (Å²) in [4.78, 5) is 0. The lowest BCUT2D eigenvalue weighted by Gasteiger charge is -2.40. The minimum absolute atomic E-state index is 0.0644. The summed E-state index contributed by atoms with van der Waals surface area (Å²) in [5.41, 5.74) is 4.83. The van der Waals surface area contributed by atoms with E-state index in [1.54, 1.807) is 0 Å². The molecule has 0 aromatic heterocycles. The van der Waals surface area contributed by atoms with Crippen molar-refractivity contribution in [1.29, 1.82) is 0 Å². The van der Waals surface area contributed by atoms with Crippen LogP contribution in [0.2, 0.25) is 0 Å². The highest BCUT2D eigenvalue weighted by atomic mass is 16.8. The normalized spacial score (nSPS) is 30.5. The zero-order valence-corrected chi connectivity index (χ0v) is 16.4. The van der Waals surface area contributed by atoms with Gasteiger partial charge in [0.25, 0.3) is 0 Å². The second kappa shape index (κ2) is 10.9. The van der Waals surface area contributed by atoms with Crippen molar-refractivity contribution < 1.29 is 33.2 Å². The second-order valence-corrected chi connectivity index (χ2v) is 7.22. The van der Waals surface area contributed by atoms with E-state index in [2.05, 4.69) is 0 Å². The van der Waals surface area contributed by atoms with Gasteiger partial charge in [-0.05, 0) is 27.2 Å². The van der Waals surface area contributed by atoms with E-state index in [9.17, 15) is 0 Å².